The van der Waals surface area contributed by atoms with Crippen molar-refractivity contribution in [2.75, 3.05) is 12.4 Å². The fraction of sp³-hybridized carbons (Fsp3) is 0.200. The third-order valence-corrected chi connectivity index (χ3v) is 3.37. The number of aryl methyl sites for hydroxylation is 1. The summed E-state index contributed by atoms with van der Waals surface area (Å²) >= 11 is 3.44. The third-order valence-electron chi connectivity index (χ3n) is 2.91. The molecular weight excluding hydrogens is 306 g/mol. The molecule has 0 fully saturated rings. The molecule has 0 aliphatic heterocycles. The monoisotopic (exact) mass is 321 g/mol. The first-order valence-corrected chi connectivity index (χ1v) is 6.75. The molecule has 3 nitrogen and oxygen atoms in total. The summed E-state index contributed by atoms with van der Waals surface area (Å²) in [5.74, 6) is 1.13. The lowest BCUT2D eigenvalue weighted by atomic mass is 10.1. The third kappa shape index (κ3) is 3.41. The van der Waals surface area contributed by atoms with Crippen LogP contribution in [0.5, 0.6) is 11.5 Å². The number of halogens is 1. The highest BCUT2D eigenvalue weighted by atomic mass is 79.9. The van der Waals surface area contributed by atoms with E-state index in [9.17, 15) is 5.11 Å². The van der Waals surface area contributed by atoms with Gasteiger partial charge in [0, 0.05) is 28.3 Å². The normalized spacial score (nSPS) is 10.3. The van der Waals surface area contributed by atoms with Gasteiger partial charge >= 0.3 is 0 Å². The fourth-order valence-electron chi connectivity index (χ4n) is 1.84. The van der Waals surface area contributed by atoms with E-state index in [0.29, 0.717) is 12.3 Å². The van der Waals surface area contributed by atoms with Gasteiger partial charge in [-0.1, -0.05) is 34.1 Å². The van der Waals surface area contributed by atoms with Gasteiger partial charge < -0.3 is 15.2 Å². The molecule has 19 heavy (non-hydrogen) atoms. The first kappa shape index (κ1) is 13.7. The smallest absolute Gasteiger partial charge is 0.123 e. The van der Waals surface area contributed by atoms with Gasteiger partial charge in [0.25, 0.3) is 0 Å². The first-order chi connectivity index (χ1) is 9.10. The predicted molar refractivity (Wildman–Crippen MR) is 80.9 cm³/mol. The van der Waals surface area contributed by atoms with Gasteiger partial charge in [-0.3, -0.25) is 0 Å². The maximum atomic E-state index is 9.96. The summed E-state index contributed by atoms with van der Waals surface area (Å²) in [5.41, 5.74) is 2.69. The Labute approximate surface area is 121 Å². The maximum Gasteiger partial charge on any atom is 0.123 e. The van der Waals surface area contributed by atoms with Gasteiger partial charge in [-0.25, -0.2) is 0 Å². The summed E-state index contributed by atoms with van der Waals surface area (Å²) in [7, 11) is 1.64. The molecular formula is C15H16BrNO2. The van der Waals surface area contributed by atoms with E-state index in [-0.39, 0.29) is 0 Å². The largest absolute Gasteiger partial charge is 0.507 e. The van der Waals surface area contributed by atoms with Crippen molar-refractivity contribution in [3.8, 4) is 11.5 Å². The summed E-state index contributed by atoms with van der Waals surface area (Å²) in [6.45, 7) is 2.45. The van der Waals surface area contributed by atoms with Gasteiger partial charge in [0.15, 0.2) is 0 Å². The highest BCUT2D eigenvalue weighted by Gasteiger charge is 2.04. The molecule has 100 valence electrons. The van der Waals surface area contributed by atoms with Crippen molar-refractivity contribution in [1.29, 1.82) is 0 Å². The van der Waals surface area contributed by atoms with Gasteiger partial charge in [0.1, 0.15) is 11.5 Å². The van der Waals surface area contributed by atoms with Crippen LogP contribution in [0, 0.1) is 6.92 Å². The molecule has 0 aliphatic carbocycles. The zero-order valence-corrected chi connectivity index (χ0v) is 12.5. The van der Waals surface area contributed by atoms with Crippen molar-refractivity contribution in [2.45, 2.75) is 13.5 Å². The van der Waals surface area contributed by atoms with E-state index in [2.05, 4.69) is 21.2 Å². The molecule has 0 aliphatic rings. The van der Waals surface area contributed by atoms with Gasteiger partial charge in [-0.2, -0.15) is 0 Å². The van der Waals surface area contributed by atoms with Gasteiger partial charge in [0.05, 0.1) is 7.11 Å². The Hall–Kier alpha value is -1.68. The maximum absolute atomic E-state index is 9.96. The SMILES string of the molecule is COc1cc(Br)cc(NCc2cccc(C)c2O)c1. The summed E-state index contributed by atoms with van der Waals surface area (Å²) in [6, 6.07) is 11.5. The van der Waals surface area contributed by atoms with Crippen molar-refractivity contribution in [3.63, 3.8) is 0 Å². The number of para-hydroxylation sites is 1. The average molecular weight is 322 g/mol. The van der Waals surface area contributed by atoms with Crippen LogP contribution in [0.3, 0.4) is 0 Å². The molecule has 0 saturated carbocycles. The van der Waals surface area contributed by atoms with E-state index in [0.717, 1.165) is 27.0 Å². The summed E-state index contributed by atoms with van der Waals surface area (Å²) in [4.78, 5) is 0. The molecule has 0 atom stereocenters. The van der Waals surface area contributed by atoms with Crippen LogP contribution in [-0.2, 0) is 6.54 Å². The molecule has 2 N–H and O–H groups in total. The Bertz CT molecular complexity index is 584. The second kappa shape index (κ2) is 5.97. The van der Waals surface area contributed by atoms with Crippen LogP contribution in [0.2, 0.25) is 0 Å². The molecule has 0 spiro atoms. The number of phenolic OH excluding ortho intramolecular Hbond substituents is 1. The van der Waals surface area contributed by atoms with Crippen LogP contribution in [-0.4, -0.2) is 12.2 Å². The molecule has 0 heterocycles. The Balaban J connectivity index is 2.14. The number of benzene rings is 2. The summed E-state index contributed by atoms with van der Waals surface area (Å²) < 4.78 is 6.16. The topological polar surface area (TPSA) is 41.5 Å². The number of hydrogen-bond acceptors (Lipinski definition) is 3. The zero-order chi connectivity index (χ0) is 13.8. The number of methoxy groups -OCH3 is 1. The van der Waals surface area contributed by atoms with Crippen molar-refractivity contribution < 1.29 is 9.84 Å². The first-order valence-electron chi connectivity index (χ1n) is 5.96. The van der Waals surface area contributed by atoms with Crippen LogP contribution in [0.25, 0.3) is 0 Å². The van der Waals surface area contributed by atoms with E-state index in [1.54, 1.807) is 7.11 Å². The number of aromatic hydroxyl groups is 1. The number of anilines is 1. The Morgan fingerprint density at radius 2 is 2.05 bits per heavy atom. The van der Waals surface area contributed by atoms with Crippen LogP contribution in [0.1, 0.15) is 11.1 Å². The summed E-state index contributed by atoms with van der Waals surface area (Å²) in [6.07, 6.45) is 0. The highest BCUT2D eigenvalue weighted by molar-refractivity contribution is 9.10. The van der Waals surface area contributed by atoms with Crippen LogP contribution in [0.15, 0.2) is 40.9 Å². The Morgan fingerprint density at radius 3 is 2.79 bits per heavy atom. The molecule has 0 radical (unpaired) electrons. The molecule has 2 aromatic carbocycles. The van der Waals surface area contributed by atoms with E-state index in [4.69, 9.17) is 4.74 Å². The average Bonchev–Trinajstić information content (AvgIpc) is 2.40. The zero-order valence-electron chi connectivity index (χ0n) is 10.9. The molecule has 0 saturated heterocycles. The number of phenols is 1. The molecule has 2 rings (SSSR count). The van der Waals surface area contributed by atoms with E-state index >= 15 is 0 Å². The van der Waals surface area contributed by atoms with Crippen LogP contribution >= 0.6 is 15.9 Å². The lowest BCUT2D eigenvalue weighted by Crippen LogP contribution is -2.00. The van der Waals surface area contributed by atoms with Crippen LogP contribution < -0.4 is 10.1 Å². The second-order valence-corrected chi connectivity index (χ2v) is 5.23. The minimum absolute atomic E-state index is 0.344. The van der Waals surface area contributed by atoms with Crippen molar-refractivity contribution in [3.05, 3.63) is 52.0 Å². The quantitative estimate of drug-likeness (QED) is 0.891. The Kier molecular flexibility index (Phi) is 4.32. The molecule has 0 bridgehead atoms. The number of rotatable bonds is 4. The Morgan fingerprint density at radius 1 is 1.26 bits per heavy atom. The highest BCUT2D eigenvalue weighted by Crippen LogP contribution is 2.26. The predicted octanol–water partition coefficient (Wildman–Crippen LogP) is 4.08. The number of ether oxygens (including phenoxy) is 1. The second-order valence-electron chi connectivity index (χ2n) is 4.32. The van der Waals surface area contributed by atoms with E-state index in [1.165, 1.54) is 0 Å². The number of hydrogen-bond donors (Lipinski definition) is 2. The number of nitrogens with one attached hydrogen (secondary N) is 1. The minimum Gasteiger partial charge on any atom is -0.507 e. The van der Waals surface area contributed by atoms with E-state index < -0.39 is 0 Å². The van der Waals surface area contributed by atoms with Gasteiger partial charge in [-0.05, 0) is 24.6 Å². The molecule has 4 heteroatoms. The standard InChI is InChI=1S/C15H16BrNO2/c1-10-4-3-5-11(15(10)18)9-17-13-6-12(16)7-14(8-13)19-2/h3-8,17-18H,9H2,1-2H3. The van der Waals surface area contributed by atoms with Crippen molar-refractivity contribution in [1.82, 2.24) is 0 Å². The fourth-order valence-corrected chi connectivity index (χ4v) is 2.31. The molecule has 0 unspecified atom stereocenters. The lowest BCUT2D eigenvalue weighted by molar-refractivity contribution is 0.414. The van der Waals surface area contributed by atoms with Crippen molar-refractivity contribution in [2.24, 2.45) is 0 Å². The molecule has 0 aromatic heterocycles. The van der Waals surface area contributed by atoms with Gasteiger partial charge in [0.2, 0.25) is 0 Å². The van der Waals surface area contributed by atoms with E-state index in [1.807, 2.05) is 43.3 Å². The minimum atomic E-state index is 0.344. The molecule has 2 aromatic rings. The molecule has 0 amide bonds. The van der Waals surface area contributed by atoms with Crippen molar-refractivity contribution >= 4 is 21.6 Å². The van der Waals surface area contributed by atoms with Gasteiger partial charge in [-0.15, -0.1) is 0 Å². The summed E-state index contributed by atoms with van der Waals surface area (Å²) in [5, 5.41) is 13.2. The van der Waals surface area contributed by atoms with Crippen LogP contribution in [0.4, 0.5) is 5.69 Å². The lowest BCUT2D eigenvalue weighted by Gasteiger charge is -2.11.